The Bertz CT molecular complexity index is 879. The fourth-order valence-corrected chi connectivity index (χ4v) is 3.21. The maximum atomic E-state index is 12.1. The van der Waals surface area contributed by atoms with Gasteiger partial charge in [0.15, 0.2) is 0 Å². The number of pyridine rings is 1. The lowest BCUT2D eigenvalue weighted by Gasteiger charge is -2.35. The van der Waals surface area contributed by atoms with Crippen molar-refractivity contribution in [1.29, 1.82) is 0 Å². The lowest BCUT2D eigenvalue weighted by molar-refractivity contribution is 0.105. The van der Waals surface area contributed by atoms with Gasteiger partial charge >= 0.3 is 12.1 Å². The number of phenolic OH excluding ortho intramolecular Hbond substituents is 1. The number of nitrogens with zero attached hydrogens (tertiary/aromatic N) is 3. The van der Waals surface area contributed by atoms with E-state index in [0.29, 0.717) is 49.7 Å². The van der Waals surface area contributed by atoms with E-state index in [0.717, 1.165) is 5.69 Å². The first-order valence-corrected chi connectivity index (χ1v) is 9.93. The molecular formula is C21H27N5O4. The highest BCUT2D eigenvalue weighted by atomic mass is 16.6. The number of piperazine rings is 1. The van der Waals surface area contributed by atoms with E-state index in [2.05, 4.69) is 15.6 Å². The summed E-state index contributed by atoms with van der Waals surface area (Å²) in [6.45, 7) is 6.40. The number of carbonyl (C=O) groups excluding carboxylic acids is 2. The topological polar surface area (TPSA) is 107 Å². The molecule has 0 aliphatic carbocycles. The van der Waals surface area contributed by atoms with Gasteiger partial charge in [0.05, 0.1) is 24.2 Å². The Hall–Kier alpha value is -3.49. The second-order valence-corrected chi connectivity index (χ2v) is 6.95. The summed E-state index contributed by atoms with van der Waals surface area (Å²) < 4.78 is 5.04. The molecule has 0 unspecified atom stereocenters. The van der Waals surface area contributed by atoms with E-state index in [1.807, 2.05) is 30.0 Å². The van der Waals surface area contributed by atoms with Gasteiger partial charge in [-0.05, 0) is 32.0 Å². The second kappa shape index (κ2) is 9.82. The number of benzene rings is 1. The van der Waals surface area contributed by atoms with Crippen molar-refractivity contribution >= 4 is 23.5 Å². The quantitative estimate of drug-likeness (QED) is 0.696. The van der Waals surface area contributed by atoms with Crippen molar-refractivity contribution in [2.75, 3.05) is 43.0 Å². The molecule has 3 rings (SSSR count). The highest BCUT2D eigenvalue weighted by Gasteiger charge is 2.24. The Balaban J connectivity index is 1.56. The van der Waals surface area contributed by atoms with E-state index < -0.39 is 0 Å². The number of anilines is 2. The molecule has 1 saturated heterocycles. The number of amides is 3. The average Bonchev–Trinajstić information content (AvgIpc) is 2.75. The van der Waals surface area contributed by atoms with Gasteiger partial charge in [-0.2, -0.15) is 0 Å². The van der Waals surface area contributed by atoms with Gasteiger partial charge in [-0.3, -0.25) is 4.98 Å². The Morgan fingerprint density at radius 2 is 1.93 bits per heavy atom. The van der Waals surface area contributed by atoms with E-state index in [4.69, 9.17) is 4.74 Å². The van der Waals surface area contributed by atoms with Crippen LogP contribution in [0.5, 0.6) is 5.75 Å². The third-order valence-corrected chi connectivity index (χ3v) is 4.85. The van der Waals surface area contributed by atoms with Crippen LogP contribution in [0.3, 0.4) is 0 Å². The van der Waals surface area contributed by atoms with Crippen molar-refractivity contribution in [3.63, 3.8) is 0 Å². The minimum Gasteiger partial charge on any atom is -0.505 e. The molecule has 0 bridgehead atoms. The summed E-state index contributed by atoms with van der Waals surface area (Å²) >= 11 is 0. The molecule has 1 fully saturated rings. The van der Waals surface area contributed by atoms with E-state index in [-0.39, 0.29) is 24.4 Å². The maximum Gasteiger partial charge on any atom is 0.409 e. The number of para-hydroxylation sites is 1. The zero-order chi connectivity index (χ0) is 21.5. The van der Waals surface area contributed by atoms with Gasteiger partial charge in [-0.15, -0.1) is 0 Å². The first-order chi connectivity index (χ1) is 14.5. The Morgan fingerprint density at radius 1 is 1.17 bits per heavy atom. The van der Waals surface area contributed by atoms with Gasteiger partial charge in [0, 0.05) is 44.0 Å². The monoisotopic (exact) mass is 413 g/mol. The maximum absolute atomic E-state index is 12.1. The molecule has 0 atom stereocenters. The Morgan fingerprint density at radius 3 is 2.60 bits per heavy atom. The molecule has 1 aliphatic rings. The molecule has 0 saturated carbocycles. The van der Waals surface area contributed by atoms with Crippen LogP contribution in [0.1, 0.15) is 18.2 Å². The van der Waals surface area contributed by atoms with Crippen molar-refractivity contribution in [2.45, 2.75) is 20.4 Å². The van der Waals surface area contributed by atoms with Gasteiger partial charge in [0.25, 0.3) is 0 Å². The molecular weight excluding hydrogens is 386 g/mol. The first kappa shape index (κ1) is 21.2. The molecule has 9 heteroatoms. The molecule has 2 aromatic rings. The predicted molar refractivity (Wildman–Crippen MR) is 114 cm³/mol. The van der Waals surface area contributed by atoms with Crippen LogP contribution >= 0.6 is 0 Å². The molecule has 1 aromatic carbocycles. The fourth-order valence-electron chi connectivity index (χ4n) is 3.21. The van der Waals surface area contributed by atoms with Crippen molar-refractivity contribution in [2.24, 2.45) is 0 Å². The number of ether oxygens (including phenoxy) is 1. The summed E-state index contributed by atoms with van der Waals surface area (Å²) in [7, 11) is 0. The summed E-state index contributed by atoms with van der Waals surface area (Å²) in [6.07, 6.45) is 1.28. The smallest absolute Gasteiger partial charge is 0.409 e. The number of carbonyl (C=O) groups is 2. The molecule has 1 aromatic heterocycles. The molecule has 2 heterocycles. The Labute approximate surface area is 175 Å². The van der Waals surface area contributed by atoms with E-state index in [1.54, 1.807) is 30.2 Å². The zero-order valence-corrected chi connectivity index (χ0v) is 17.2. The van der Waals surface area contributed by atoms with Crippen LogP contribution < -0.4 is 15.5 Å². The van der Waals surface area contributed by atoms with E-state index >= 15 is 0 Å². The molecule has 30 heavy (non-hydrogen) atoms. The molecule has 9 nitrogen and oxygen atoms in total. The third-order valence-electron chi connectivity index (χ3n) is 4.85. The normalized spacial score (nSPS) is 13.7. The van der Waals surface area contributed by atoms with Crippen molar-refractivity contribution in [3.05, 3.63) is 47.8 Å². The summed E-state index contributed by atoms with van der Waals surface area (Å²) in [4.78, 5) is 31.8. The summed E-state index contributed by atoms with van der Waals surface area (Å²) in [5.41, 5.74) is 2.75. The number of aromatic hydroxyl groups is 1. The SMILES string of the molecule is CCOC(=O)N1CCN(c2cccc(CNC(=O)Nc3ccc(C)nc3)c2O)CC1. The van der Waals surface area contributed by atoms with Crippen LogP contribution in [-0.2, 0) is 11.3 Å². The number of rotatable bonds is 5. The Kier molecular flexibility index (Phi) is 6.95. The van der Waals surface area contributed by atoms with E-state index in [1.165, 1.54) is 0 Å². The van der Waals surface area contributed by atoms with Gasteiger partial charge in [-0.25, -0.2) is 9.59 Å². The van der Waals surface area contributed by atoms with E-state index in [9.17, 15) is 14.7 Å². The van der Waals surface area contributed by atoms with Crippen LogP contribution in [0.25, 0.3) is 0 Å². The fraction of sp³-hybridized carbons (Fsp3) is 0.381. The molecule has 3 amide bonds. The molecule has 3 N–H and O–H groups in total. The lowest BCUT2D eigenvalue weighted by atomic mass is 10.1. The molecule has 160 valence electrons. The van der Waals surface area contributed by atoms with Crippen LogP contribution in [-0.4, -0.2) is 59.9 Å². The number of aryl methyl sites for hydroxylation is 1. The highest BCUT2D eigenvalue weighted by Crippen LogP contribution is 2.31. The lowest BCUT2D eigenvalue weighted by Crippen LogP contribution is -2.49. The van der Waals surface area contributed by atoms with Crippen molar-refractivity contribution < 1.29 is 19.4 Å². The third kappa shape index (κ3) is 5.31. The van der Waals surface area contributed by atoms with Crippen LogP contribution in [0, 0.1) is 6.92 Å². The first-order valence-electron chi connectivity index (χ1n) is 9.93. The number of hydrogen-bond donors (Lipinski definition) is 3. The number of nitrogens with one attached hydrogen (secondary N) is 2. The van der Waals surface area contributed by atoms with Gasteiger partial charge in [-0.1, -0.05) is 12.1 Å². The van der Waals surface area contributed by atoms with Crippen molar-refractivity contribution in [1.82, 2.24) is 15.2 Å². The largest absolute Gasteiger partial charge is 0.505 e. The van der Waals surface area contributed by atoms with Crippen LogP contribution in [0.15, 0.2) is 36.5 Å². The van der Waals surface area contributed by atoms with Gasteiger partial charge in [0.2, 0.25) is 0 Å². The molecule has 1 aliphatic heterocycles. The predicted octanol–water partition coefficient (Wildman–Crippen LogP) is 2.70. The standard InChI is InChI=1S/C21H27N5O4/c1-3-30-21(29)26-11-9-25(10-12-26)18-6-4-5-16(19(18)27)13-23-20(28)24-17-8-7-15(2)22-14-17/h4-8,14,27H,3,9-13H2,1-2H3,(H2,23,24,28). The number of aromatic nitrogens is 1. The summed E-state index contributed by atoms with van der Waals surface area (Å²) in [5.74, 6) is 0.124. The van der Waals surface area contributed by atoms with Crippen LogP contribution in [0.2, 0.25) is 0 Å². The highest BCUT2D eigenvalue weighted by molar-refractivity contribution is 5.89. The number of urea groups is 1. The number of phenols is 1. The van der Waals surface area contributed by atoms with Crippen LogP contribution in [0.4, 0.5) is 21.0 Å². The zero-order valence-electron chi connectivity index (χ0n) is 17.2. The average molecular weight is 413 g/mol. The minimum atomic E-state index is -0.381. The molecule has 0 radical (unpaired) electrons. The summed E-state index contributed by atoms with van der Waals surface area (Å²) in [5, 5.41) is 16.2. The van der Waals surface area contributed by atoms with Gasteiger partial charge in [0.1, 0.15) is 5.75 Å². The number of hydrogen-bond acceptors (Lipinski definition) is 6. The molecule has 0 spiro atoms. The minimum absolute atomic E-state index is 0.124. The van der Waals surface area contributed by atoms with Gasteiger partial charge < -0.3 is 30.3 Å². The van der Waals surface area contributed by atoms with Crippen molar-refractivity contribution in [3.8, 4) is 5.75 Å². The second-order valence-electron chi connectivity index (χ2n) is 6.95. The summed E-state index contributed by atoms with van der Waals surface area (Å²) in [6, 6.07) is 8.64.